The molecule has 0 amide bonds. The van der Waals surface area contributed by atoms with Crippen LogP contribution in [0.4, 0.5) is 5.82 Å². The number of benzene rings is 1. The van der Waals surface area contributed by atoms with E-state index >= 15 is 0 Å². The van der Waals surface area contributed by atoms with Crippen LogP contribution in [0.1, 0.15) is 5.56 Å². The van der Waals surface area contributed by atoms with Crippen molar-refractivity contribution in [3.05, 3.63) is 47.4 Å². The van der Waals surface area contributed by atoms with E-state index in [1.165, 1.54) is 36.8 Å². The third-order valence-electron chi connectivity index (χ3n) is 2.31. The quantitative estimate of drug-likeness (QED) is 0.827. The van der Waals surface area contributed by atoms with Crippen LogP contribution < -0.4 is 10.5 Å². The molecule has 104 valence electrons. The number of hydrogen-bond acceptors (Lipinski definition) is 5. The molecule has 0 fully saturated rings. The van der Waals surface area contributed by atoms with Crippen molar-refractivity contribution in [1.29, 1.82) is 0 Å². The van der Waals surface area contributed by atoms with Crippen molar-refractivity contribution in [1.82, 2.24) is 9.97 Å². The zero-order chi connectivity index (χ0) is 14.8. The van der Waals surface area contributed by atoms with Crippen molar-refractivity contribution in [3.8, 4) is 0 Å². The zero-order valence-electron chi connectivity index (χ0n) is 9.95. The normalized spacial score (nSPS) is 11.1. The van der Waals surface area contributed by atoms with Gasteiger partial charge >= 0.3 is 0 Å². The van der Waals surface area contributed by atoms with E-state index in [4.69, 9.17) is 29.6 Å². The molecular weight excluding hydrogens is 320 g/mol. The molecule has 0 bridgehead atoms. The Balaban J connectivity index is 2.37. The molecule has 3 N–H and O–H groups in total. The van der Waals surface area contributed by atoms with E-state index in [0.717, 1.165) is 0 Å². The van der Waals surface area contributed by atoms with Crippen LogP contribution in [0.15, 0.2) is 41.7 Å². The average Bonchev–Trinajstić information content (AvgIpc) is 2.38. The van der Waals surface area contributed by atoms with Gasteiger partial charge in [-0.25, -0.2) is 13.4 Å². The zero-order valence-corrected chi connectivity index (χ0v) is 12.3. The lowest BCUT2D eigenvalue weighted by Gasteiger charge is -2.09. The maximum Gasteiger partial charge on any atom is 0.264 e. The molecule has 1 aromatic heterocycles. The second-order valence-electron chi connectivity index (χ2n) is 3.71. The van der Waals surface area contributed by atoms with Crippen LogP contribution in [0.3, 0.4) is 0 Å². The Labute approximate surface area is 126 Å². The molecule has 0 spiro atoms. The number of sulfonamides is 1. The second-order valence-corrected chi connectivity index (χ2v) is 6.20. The maximum absolute atomic E-state index is 12.2. The number of anilines is 1. The highest BCUT2D eigenvalue weighted by Crippen LogP contribution is 2.24. The summed E-state index contributed by atoms with van der Waals surface area (Å²) in [5, 5.41) is 0.0201. The Bertz CT molecular complexity index is 750. The van der Waals surface area contributed by atoms with Crippen LogP contribution in [0.25, 0.3) is 0 Å². The van der Waals surface area contributed by atoms with Gasteiger partial charge in [-0.15, -0.1) is 0 Å². The monoisotopic (exact) mass is 328 g/mol. The van der Waals surface area contributed by atoms with Gasteiger partial charge in [0.05, 0.1) is 11.2 Å². The summed E-state index contributed by atoms with van der Waals surface area (Å²) < 4.78 is 26.6. The molecule has 0 aliphatic carbocycles. The molecule has 1 heterocycles. The number of halogens is 1. The largest absolute Gasteiger partial charge is 0.389 e. The van der Waals surface area contributed by atoms with Gasteiger partial charge in [0.2, 0.25) is 0 Å². The molecular formula is C11H9ClN4O2S2. The molecule has 2 aromatic rings. The van der Waals surface area contributed by atoms with E-state index in [-0.39, 0.29) is 20.7 Å². The smallest absolute Gasteiger partial charge is 0.264 e. The van der Waals surface area contributed by atoms with E-state index in [1.54, 1.807) is 0 Å². The van der Waals surface area contributed by atoms with Gasteiger partial charge in [-0.2, -0.15) is 0 Å². The molecule has 6 nitrogen and oxygen atoms in total. The second kappa shape index (κ2) is 5.70. The first-order chi connectivity index (χ1) is 9.40. The van der Waals surface area contributed by atoms with Gasteiger partial charge in [0.1, 0.15) is 9.88 Å². The predicted molar refractivity (Wildman–Crippen MR) is 80.2 cm³/mol. The lowest BCUT2D eigenvalue weighted by Crippen LogP contribution is -2.15. The van der Waals surface area contributed by atoms with Gasteiger partial charge in [0.15, 0.2) is 5.82 Å². The fourth-order valence-corrected chi connectivity index (χ4v) is 3.08. The Morgan fingerprint density at radius 1 is 1.35 bits per heavy atom. The summed E-state index contributed by atoms with van der Waals surface area (Å²) in [5.74, 6) is 0.0991. The Hall–Kier alpha value is -1.77. The number of rotatable bonds is 4. The van der Waals surface area contributed by atoms with Crippen molar-refractivity contribution in [2.24, 2.45) is 5.73 Å². The molecule has 20 heavy (non-hydrogen) atoms. The molecule has 9 heteroatoms. The Morgan fingerprint density at radius 2 is 2.10 bits per heavy atom. The van der Waals surface area contributed by atoms with Crippen molar-refractivity contribution < 1.29 is 8.42 Å². The van der Waals surface area contributed by atoms with Crippen LogP contribution in [-0.4, -0.2) is 23.4 Å². The SMILES string of the molecule is NC(=S)c1ccc(S(=O)(=O)Nc2cnccn2)c(Cl)c1. The maximum atomic E-state index is 12.2. The van der Waals surface area contributed by atoms with Gasteiger partial charge in [0, 0.05) is 18.0 Å². The summed E-state index contributed by atoms with van der Waals surface area (Å²) in [6, 6.07) is 4.21. The minimum atomic E-state index is -3.85. The molecule has 0 saturated heterocycles. The lowest BCUT2D eigenvalue weighted by molar-refractivity contribution is 0.601. The highest BCUT2D eigenvalue weighted by Gasteiger charge is 2.19. The van der Waals surface area contributed by atoms with Gasteiger partial charge in [0.25, 0.3) is 10.0 Å². The molecule has 1 aromatic carbocycles. The summed E-state index contributed by atoms with van der Waals surface area (Å²) in [6.07, 6.45) is 4.09. The molecule has 0 radical (unpaired) electrons. The first kappa shape index (κ1) is 14.6. The molecule has 0 atom stereocenters. The Kier molecular flexibility index (Phi) is 4.17. The molecule has 0 saturated carbocycles. The van der Waals surface area contributed by atoms with Crippen LogP contribution in [0, 0.1) is 0 Å². The summed E-state index contributed by atoms with van der Waals surface area (Å²) in [6.45, 7) is 0. The van der Waals surface area contributed by atoms with E-state index in [0.29, 0.717) is 5.56 Å². The van der Waals surface area contributed by atoms with E-state index in [1.807, 2.05) is 0 Å². The van der Waals surface area contributed by atoms with Crippen LogP contribution in [0.2, 0.25) is 5.02 Å². The number of thiocarbonyl (C=S) groups is 1. The van der Waals surface area contributed by atoms with Crippen molar-refractivity contribution >= 4 is 44.6 Å². The number of aromatic nitrogens is 2. The van der Waals surface area contributed by atoms with Crippen molar-refractivity contribution in [2.45, 2.75) is 4.90 Å². The van der Waals surface area contributed by atoms with E-state index in [2.05, 4.69) is 14.7 Å². The number of hydrogen-bond donors (Lipinski definition) is 2. The highest BCUT2D eigenvalue weighted by atomic mass is 35.5. The molecule has 0 aliphatic rings. The summed E-state index contributed by atoms with van der Waals surface area (Å²) in [4.78, 5) is 7.64. The van der Waals surface area contributed by atoms with Gasteiger partial charge in [-0.1, -0.05) is 29.9 Å². The number of nitrogens with one attached hydrogen (secondary N) is 1. The third-order valence-corrected chi connectivity index (χ3v) is 4.38. The minimum Gasteiger partial charge on any atom is -0.389 e. The van der Waals surface area contributed by atoms with Gasteiger partial charge in [-0.05, 0) is 12.1 Å². The highest BCUT2D eigenvalue weighted by molar-refractivity contribution is 7.92. The van der Waals surface area contributed by atoms with E-state index < -0.39 is 10.0 Å². The van der Waals surface area contributed by atoms with Crippen LogP contribution >= 0.6 is 23.8 Å². The molecule has 0 aliphatic heterocycles. The van der Waals surface area contributed by atoms with Crippen LogP contribution in [-0.2, 0) is 10.0 Å². The van der Waals surface area contributed by atoms with Gasteiger partial charge < -0.3 is 5.73 Å². The first-order valence-corrected chi connectivity index (χ1v) is 7.55. The summed E-state index contributed by atoms with van der Waals surface area (Å²) in [5.41, 5.74) is 5.94. The fourth-order valence-electron chi connectivity index (χ4n) is 1.42. The average molecular weight is 329 g/mol. The van der Waals surface area contributed by atoms with Crippen LogP contribution in [0.5, 0.6) is 0 Å². The third kappa shape index (κ3) is 3.21. The summed E-state index contributed by atoms with van der Waals surface area (Å²) in [7, 11) is -3.85. The van der Waals surface area contributed by atoms with Gasteiger partial charge in [-0.3, -0.25) is 9.71 Å². The number of nitrogens with two attached hydrogens (primary N) is 1. The van der Waals surface area contributed by atoms with E-state index in [9.17, 15) is 8.42 Å². The summed E-state index contributed by atoms with van der Waals surface area (Å²) >= 11 is 10.8. The number of nitrogens with zero attached hydrogens (tertiary/aromatic N) is 2. The first-order valence-electron chi connectivity index (χ1n) is 5.28. The topological polar surface area (TPSA) is 98.0 Å². The predicted octanol–water partition coefficient (Wildman–Crippen LogP) is 1.56. The standard InChI is InChI=1S/C11H9ClN4O2S2/c12-8-5-7(11(13)19)1-2-9(8)20(17,18)16-10-6-14-3-4-15-10/h1-6H,(H2,13,19)(H,15,16). The Morgan fingerprint density at radius 3 is 2.65 bits per heavy atom. The lowest BCUT2D eigenvalue weighted by atomic mass is 10.2. The molecule has 2 rings (SSSR count). The van der Waals surface area contributed by atoms with Crippen molar-refractivity contribution in [2.75, 3.05) is 4.72 Å². The fraction of sp³-hybridized carbons (Fsp3) is 0. The van der Waals surface area contributed by atoms with Crippen molar-refractivity contribution in [3.63, 3.8) is 0 Å². The minimum absolute atomic E-state index is 0.0201. The molecule has 0 unspecified atom stereocenters.